The number of hydrogen-bond donors (Lipinski definition) is 0. The standard InChI is InChI=1S/C13H24/c1-4-6-7-8-9-10-11-12-13(3)5-2/h4,6H,3,5,7-12H2,1-2H3/b6-4+. The van der Waals surface area contributed by atoms with Gasteiger partial charge in [0.15, 0.2) is 0 Å². The van der Waals surface area contributed by atoms with Gasteiger partial charge in [-0.15, -0.1) is 0 Å². The molecule has 0 heterocycles. The number of hydrogen-bond acceptors (Lipinski definition) is 0. The van der Waals surface area contributed by atoms with Gasteiger partial charge in [-0.3, -0.25) is 0 Å². The molecule has 13 heavy (non-hydrogen) atoms. The first kappa shape index (κ1) is 12.5. The Balaban J connectivity index is 3.03. The van der Waals surface area contributed by atoms with E-state index in [1.165, 1.54) is 44.1 Å². The van der Waals surface area contributed by atoms with Gasteiger partial charge >= 0.3 is 0 Å². The zero-order chi connectivity index (χ0) is 9.94. The smallest absolute Gasteiger partial charge is 0.0323 e. The Bertz CT molecular complexity index is 142. The zero-order valence-corrected chi connectivity index (χ0v) is 9.31. The van der Waals surface area contributed by atoms with Crippen LogP contribution in [-0.4, -0.2) is 0 Å². The van der Waals surface area contributed by atoms with E-state index in [1.807, 2.05) is 0 Å². The van der Waals surface area contributed by atoms with Gasteiger partial charge in [0.1, 0.15) is 0 Å². The first-order valence-electron chi connectivity index (χ1n) is 5.59. The third kappa shape index (κ3) is 9.39. The van der Waals surface area contributed by atoms with Crippen LogP contribution in [0.3, 0.4) is 0 Å². The van der Waals surface area contributed by atoms with E-state index in [0.29, 0.717) is 0 Å². The molecule has 0 N–H and O–H groups in total. The predicted octanol–water partition coefficient (Wildman–Crippen LogP) is 4.87. The fourth-order valence-corrected chi connectivity index (χ4v) is 1.33. The Hall–Kier alpha value is -0.520. The molecule has 0 rings (SSSR count). The summed E-state index contributed by atoms with van der Waals surface area (Å²) in [6.07, 6.45) is 13.5. The van der Waals surface area contributed by atoms with Gasteiger partial charge in [0.25, 0.3) is 0 Å². The highest BCUT2D eigenvalue weighted by Crippen LogP contribution is 2.11. The molecular formula is C13H24. The van der Waals surface area contributed by atoms with Crippen molar-refractivity contribution in [1.82, 2.24) is 0 Å². The lowest BCUT2D eigenvalue weighted by molar-refractivity contribution is 0.640. The minimum absolute atomic E-state index is 1.15. The fraction of sp³-hybridized carbons (Fsp3) is 0.692. The summed E-state index contributed by atoms with van der Waals surface area (Å²) >= 11 is 0. The van der Waals surface area contributed by atoms with E-state index in [4.69, 9.17) is 0 Å². The Labute approximate surface area is 83.7 Å². The highest BCUT2D eigenvalue weighted by Gasteiger charge is 1.91. The number of unbranched alkanes of at least 4 members (excludes halogenated alkanes) is 4. The second kappa shape index (κ2) is 9.57. The second-order valence-corrected chi connectivity index (χ2v) is 3.63. The molecule has 0 nitrogen and oxygen atoms in total. The van der Waals surface area contributed by atoms with E-state index in [1.54, 1.807) is 0 Å². The molecule has 0 aromatic rings. The summed E-state index contributed by atoms with van der Waals surface area (Å²) in [6, 6.07) is 0. The summed E-state index contributed by atoms with van der Waals surface area (Å²) in [6.45, 7) is 8.29. The Morgan fingerprint density at radius 3 is 2.46 bits per heavy atom. The summed E-state index contributed by atoms with van der Waals surface area (Å²) in [5.74, 6) is 0. The van der Waals surface area contributed by atoms with E-state index in [-0.39, 0.29) is 0 Å². The van der Waals surface area contributed by atoms with E-state index in [9.17, 15) is 0 Å². The molecule has 0 aliphatic carbocycles. The fourth-order valence-electron chi connectivity index (χ4n) is 1.33. The van der Waals surface area contributed by atoms with Crippen LogP contribution in [-0.2, 0) is 0 Å². The molecule has 0 atom stereocenters. The van der Waals surface area contributed by atoms with Crippen molar-refractivity contribution < 1.29 is 0 Å². The molecule has 0 radical (unpaired) electrons. The first-order chi connectivity index (χ1) is 6.31. The van der Waals surface area contributed by atoms with Gasteiger partial charge in [-0.2, -0.15) is 0 Å². The van der Waals surface area contributed by atoms with Crippen molar-refractivity contribution in [3.8, 4) is 0 Å². The molecule has 76 valence electrons. The maximum Gasteiger partial charge on any atom is -0.0323 e. The molecule has 0 aromatic heterocycles. The van der Waals surface area contributed by atoms with Crippen molar-refractivity contribution in [2.45, 2.75) is 58.8 Å². The molecule has 0 aromatic carbocycles. The normalized spacial score (nSPS) is 10.9. The number of allylic oxidation sites excluding steroid dienone is 3. The Kier molecular flexibility index (Phi) is 9.18. The summed E-state index contributed by atoms with van der Waals surface area (Å²) < 4.78 is 0. The summed E-state index contributed by atoms with van der Waals surface area (Å²) in [4.78, 5) is 0. The zero-order valence-electron chi connectivity index (χ0n) is 9.31. The Morgan fingerprint density at radius 1 is 1.15 bits per heavy atom. The maximum absolute atomic E-state index is 4.01. The lowest BCUT2D eigenvalue weighted by Crippen LogP contribution is -1.81. The van der Waals surface area contributed by atoms with E-state index < -0.39 is 0 Å². The second-order valence-electron chi connectivity index (χ2n) is 3.63. The van der Waals surface area contributed by atoms with Crippen LogP contribution in [0.5, 0.6) is 0 Å². The molecule has 0 amide bonds. The number of rotatable bonds is 8. The van der Waals surface area contributed by atoms with E-state index >= 15 is 0 Å². The molecule has 0 saturated carbocycles. The molecule has 0 heteroatoms. The van der Waals surface area contributed by atoms with Gasteiger partial charge in [0.2, 0.25) is 0 Å². The summed E-state index contributed by atoms with van der Waals surface area (Å²) in [5, 5.41) is 0. The molecule has 0 unspecified atom stereocenters. The van der Waals surface area contributed by atoms with Crippen LogP contribution in [0.4, 0.5) is 0 Å². The quantitative estimate of drug-likeness (QED) is 0.369. The van der Waals surface area contributed by atoms with Crippen LogP contribution in [0.15, 0.2) is 24.3 Å². The van der Waals surface area contributed by atoms with Gasteiger partial charge in [0, 0.05) is 0 Å². The minimum atomic E-state index is 1.15. The maximum atomic E-state index is 4.01. The highest BCUT2D eigenvalue weighted by molar-refractivity contribution is 4.91. The topological polar surface area (TPSA) is 0 Å². The van der Waals surface area contributed by atoms with Crippen LogP contribution < -0.4 is 0 Å². The first-order valence-corrected chi connectivity index (χ1v) is 5.59. The molecule has 0 aliphatic heterocycles. The third-order valence-corrected chi connectivity index (χ3v) is 2.39. The van der Waals surface area contributed by atoms with Gasteiger partial charge in [-0.1, -0.05) is 44.1 Å². The largest absolute Gasteiger partial charge is 0.0999 e. The van der Waals surface area contributed by atoms with E-state index in [0.717, 1.165) is 6.42 Å². The van der Waals surface area contributed by atoms with Gasteiger partial charge in [-0.05, 0) is 39.0 Å². The molecule has 0 spiro atoms. The molecular weight excluding hydrogens is 156 g/mol. The van der Waals surface area contributed by atoms with Crippen LogP contribution in [0.1, 0.15) is 58.8 Å². The minimum Gasteiger partial charge on any atom is -0.0999 e. The van der Waals surface area contributed by atoms with Crippen molar-refractivity contribution >= 4 is 0 Å². The summed E-state index contributed by atoms with van der Waals surface area (Å²) in [5.41, 5.74) is 1.41. The lowest BCUT2D eigenvalue weighted by atomic mass is 10.1. The monoisotopic (exact) mass is 180 g/mol. The predicted molar refractivity (Wildman–Crippen MR) is 61.9 cm³/mol. The van der Waals surface area contributed by atoms with Crippen molar-refractivity contribution in [1.29, 1.82) is 0 Å². The molecule has 0 fully saturated rings. The average molecular weight is 180 g/mol. The van der Waals surface area contributed by atoms with Crippen molar-refractivity contribution in [3.63, 3.8) is 0 Å². The van der Waals surface area contributed by atoms with Crippen LogP contribution in [0.2, 0.25) is 0 Å². The van der Waals surface area contributed by atoms with E-state index in [2.05, 4.69) is 32.6 Å². The third-order valence-electron chi connectivity index (χ3n) is 2.39. The van der Waals surface area contributed by atoms with Crippen LogP contribution in [0, 0.1) is 0 Å². The molecule has 0 saturated heterocycles. The molecule has 0 aliphatic rings. The van der Waals surface area contributed by atoms with Gasteiger partial charge in [0.05, 0.1) is 0 Å². The average Bonchev–Trinajstić information content (AvgIpc) is 2.16. The van der Waals surface area contributed by atoms with Crippen LogP contribution in [0.25, 0.3) is 0 Å². The van der Waals surface area contributed by atoms with Crippen molar-refractivity contribution in [2.75, 3.05) is 0 Å². The van der Waals surface area contributed by atoms with Crippen LogP contribution >= 0.6 is 0 Å². The van der Waals surface area contributed by atoms with Gasteiger partial charge in [-0.25, -0.2) is 0 Å². The molecule has 0 bridgehead atoms. The lowest BCUT2D eigenvalue weighted by Gasteiger charge is -2.01. The highest BCUT2D eigenvalue weighted by atomic mass is 14.0. The summed E-state index contributed by atoms with van der Waals surface area (Å²) in [7, 11) is 0. The van der Waals surface area contributed by atoms with Crippen molar-refractivity contribution in [2.24, 2.45) is 0 Å². The SMILES string of the molecule is C=C(CC)CCCCCC/C=C/C. The van der Waals surface area contributed by atoms with Gasteiger partial charge < -0.3 is 0 Å². The Morgan fingerprint density at radius 2 is 1.85 bits per heavy atom. The van der Waals surface area contributed by atoms with Crippen molar-refractivity contribution in [3.05, 3.63) is 24.3 Å².